The molecule has 1 aromatic heterocycles. The van der Waals surface area contributed by atoms with Gasteiger partial charge in [-0.05, 0) is 61.7 Å². The Balaban J connectivity index is 1.62. The van der Waals surface area contributed by atoms with E-state index in [1.165, 1.54) is 0 Å². The lowest BCUT2D eigenvalue weighted by molar-refractivity contribution is -0.117. The van der Waals surface area contributed by atoms with Gasteiger partial charge < -0.3 is 14.8 Å². The highest BCUT2D eigenvalue weighted by molar-refractivity contribution is 6.02. The molecular formula is C28H30N4O3. The molecule has 0 aliphatic carbocycles. The number of hydrogen-bond donors (Lipinski definition) is 1. The van der Waals surface area contributed by atoms with Crippen molar-refractivity contribution in [1.82, 2.24) is 15.1 Å². The van der Waals surface area contributed by atoms with Gasteiger partial charge in [0.25, 0.3) is 5.91 Å². The Bertz CT molecular complexity index is 1190. The van der Waals surface area contributed by atoms with Gasteiger partial charge in [0.15, 0.2) is 0 Å². The van der Waals surface area contributed by atoms with Gasteiger partial charge >= 0.3 is 0 Å². The van der Waals surface area contributed by atoms with Crippen molar-refractivity contribution >= 4 is 12.0 Å². The molecule has 1 N–H and O–H groups in total. The number of unbranched alkanes of at least 4 members (excludes halogenated alkanes) is 1. The van der Waals surface area contributed by atoms with Crippen molar-refractivity contribution in [2.45, 2.75) is 38.7 Å². The number of carbonyl (C=O) groups excluding carboxylic acids is 1. The van der Waals surface area contributed by atoms with E-state index in [-0.39, 0.29) is 11.7 Å². The third kappa shape index (κ3) is 6.37. The molecule has 3 aromatic rings. The quantitative estimate of drug-likeness (QED) is 0.258. The molecule has 1 aliphatic heterocycles. The van der Waals surface area contributed by atoms with E-state index in [0.717, 1.165) is 42.7 Å². The summed E-state index contributed by atoms with van der Waals surface area (Å²) in [6, 6.07) is 19.5. The number of nitrogens with zero attached hydrogens (tertiary/aromatic N) is 3. The van der Waals surface area contributed by atoms with Gasteiger partial charge in [-0.15, -0.1) is 0 Å². The Hall–Kier alpha value is -3.89. The number of nitriles is 1. The van der Waals surface area contributed by atoms with Crippen LogP contribution in [0.4, 0.5) is 0 Å². The van der Waals surface area contributed by atoms with Crippen molar-refractivity contribution in [3.63, 3.8) is 0 Å². The highest BCUT2D eigenvalue weighted by Gasteiger charge is 2.19. The summed E-state index contributed by atoms with van der Waals surface area (Å²) in [4.78, 5) is 12.7. The minimum atomic E-state index is -0.416. The lowest BCUT2D eigenvalue weighted by Gasteiger charge is -2.10. The van der Waals surface area contributed by atoms with E-state index >= 15 is 0 Å². The molecule has 1 amide bonds. The normalized spacial score (nSPS) is 15.5. The van der Waals surface area contributed by atoms with Gasteiger partial charge in [-0.25, -0.2) is 4.68 Å². The van der Waals surface area contributed by atoms with Crippen LogP contribution in [0.3, 0.4) is 0 Å². The Kier molecular flexibility index (Phi) is 8.31. The molecule has 4 rings (SSSR count). The Morgan fingerprint density at radius 1 is 1.26 bits per heavy atom. The zero-order chi connectivity index (χ0) is 24.5. The third-order valence-corrected chi connectivity index (χ3v) is 5.84. The van der Waals surface area contributed by atoms with E-state index in [2.05, 4.69) is 12.2 Å². The van der Waals surface area contributed by atoms with Gasteiger partial charge in [-0.2, -0.15) is 10.4 Å². The Morgan fingerprint density at radius 3 is 2.74 bits per heavy atom. The van der Waals surface area contributed by atoms with Crippen LogP contribution in [0.2, 0.25) is 0 Å². The number of rotatable bonds is 10. The maximum absolute atomic E-state index is 12.7. The summed E-state index contributed by atoms with van der Waals surface area (Å²) in [5.74, 6) is 0.383. The van der Waals surface area contributed by atoms with Crippen LogP contribution in [0.1, 0.15) is 38.2 Å². The highest BCUT2D eigenvalue weighted by atomic mass is 16.5. The molecule has 1 atom stereocenters. The fourth-order valence-electron chi connectivity index (χ4n) is 3.88. The maximum Gasteiger partial charge on any atom is 0.262 e. The Morgan fingerprint density at radius 2 is 2.06 bits per heavy atom. The van der Waals surface area contributed by atoms with E-state index < -0.39 is 5.91 Å². The first-order valence-corrected chi connectivity index (χ1v) is 12.1. The molecule has 1 unspecified atom stereocenters. The Labute approximate surface area is 206 Å². The summed E-state index contributed by atoms with van der Waals surface area (Å²) in [5.41, 5.74) is 3.13. The molecule has 7 heteroatoms. The van der Waals surface area contributed by atoms with Crippen molar-refractivity contribution in [2.75, 3.05) is 19.8 Å². The van der Waals surface area contributed by atoms with Crippen LogP contribution in [0.25, 0.3) is 23.0 Å². The monoisotopic (exact) mass is 470 g/mol. The average molecular weight is 471 g/mol. The number of ether oxygens (including phenoxy) is 2. The zero-order valence-corrected chi connectivity index (χ0v) is 19.9. The van der Waals surface area contributed by atoms with E-state index in [4.69, 9.17) is 14.6 Å². The van der Waals surface area contributed by atoms with Crippen LogP contribution in [0.15, 0.2) is 66.4 Å². The lowest BCUT2D eigenvalue weighted by atomic mass is 10.1. The summed E-state index contributed by atoms with van der Waals surface area (Å²) in [6.45, 7) is 3.92. The third-order valence-electron chi connectivity index (χ3n) is 5.84. The SMILES string of the molecule is CCCCOc1ccc(-c2nn(-c3ccccc3)cc2/C=C(\C#N)C(=O)NCC2CCCO2)cc1. The van der Waals surface area contributed by atoms with E-state index in [9.17, 15) is 10.1 Å². The predicted molar refractivity (Wildman–Crippen MR) is 135 cm³/mol. The zero-order valence-electron chi connectivity index (χ0n) is 19.9. The van der Waals surface area contributed by atoms with Crippen LogP contribution >= 0.6 is 0 Å². The molecule has 0 saturated carbocycles. The number of aromatic nitrogens is 2. The predicted octanol–water partition coefficient (Wildman–Crippen LogP) is 4.92. The molecule has 0 spiro atoms. The fraction of sp³-hybridized carbons (Fsp3) is 0.321. The van der Waals surface area contributed by atoms with Crippen LogP contribution in [-0.4, -0.2) is 41.6 Å². The highest BCUT2D eigenvalue weighted by Crippen LogP contribution is 2.27. The summed E-state index contributed by atoms with van der Waals surface area (Å²) >= 11 is 0. The van der Waals surface area contributed by atoms with Crippen molar-refractivity contribution in [3.05, 3.63) is 71.9 Å². The van der Waals surface area contributed by atoms with E-state index in [1.807, 2.05) is 66.9 Å². The van der Waals surface area contributed by atoms with Crippen molar-refractivity contribution in [1.29, 1.82) is 5.26 Å². The standard InChI is InChI=1S/C28H30N4O3/c1-2-3-15-34-25-13-11-21(12-14-25)27-23(20-32(31-27)24-8-5-4-6-9-24)17-22(18-29)28(33)30-19-26-10-7-16-35-26/h4-6,8-9,11-14,17,20,26H,2-3,7,10,15-16,19H2,1H3,(H,30,33)/b22-17+. The summed E-state index contributed by atoms with van der Waals surface area (Å²) in [6.07, 6.45) is 7.42. The van der Waals surface area contributed by atoms with Crippen LogP contribution < -0.4 is 10.1 Å². The molecule has 0 bridgehead atoms. The van der Waals surface area contributed by atoms with Crippen molar-refractivity contribution < 1.29 is 14.3 Å². The smallest absolute Gasteiger partial charge is 0.262 e. The first-order valence-electron chi connectivity index (χ1n) is 12.1. The van der Waals surface area contributed by atoms with Crippen LogP contribution in [0, 0.1) is 11.3 Å². The number of benzene rings is 2. The number of nitrogens with one attached hydrogen (secondary N) is 1. The molecule has 0 radical (unpaired) electrons. The number of para-hydroxylation sites is 1. The largest absolute Gasteiger partial charge is 0.494 e. The number of hydrogen-bond acceptors (Lipinski definition) is 5. The van der Waals surface area contributed by atoms with Crippen LogP contribution in [0.5, 0.6) is 5.75 Å². The summed E-state index contributed by atoms with van der Waals surface area (Å²) in [7, 11) is 0. The molecule has 1 aliphatic rings. The first-order chi connectivity index (χ1) is 17.2. The first kappa shape index (κ1) is 24.2. The minimum Gasteiger partial charge on any atom is -0.494 e. The van der Waals surface area contributed by atoms with Crippen molar-refractivity contribution in [2.24, 2.45) is 0 Å². The van der Waals surface area contributed by atoms with Gasteiger partial charge in [0.2, 0.25) is 0 Å². The summed E-state index contributed by atoms with van der Waals surface area (Å²) in [5, 5.41) is 17.3. The minimum absolute atomic E-state index is 0.00773. The number of amides is 1. The van der Waals surface area contributed by atoms with Gasteiger partial charge in [0.05, 0.1) is 24.1 Å². The van der Waals surface area contributed by atoms with Gasteiger partial charge in [0, 0.05) is 30.5 Å². The average Bonchev–Trinajstić information content (AvgIpc) is 3.57. The van der Waals surface area contributed by atoms with Gasteiger partial charge in [-0.1, -0.05) is 31.5 Å². The second-order valence-corrected chi connectivity index (χ2v) is 8.45. The van der Waals surface area contributed by atoms with Crippen LogP contribution in [-0.2, 0) is 9.53 Å². The molecule has 7 nitrogen and oxygen atoms in total. The van der Waals surface area contributed by atoms with Crippen molar-refractivity contribution in [3.8, 4) is 28.8 Å². The second kappa shape index (κ2) is 12.0. The molecule has 2 heterocycles. The molecular weight excluding hydrogens is 440 g/mol. The lowest BCUT2D eigenvalue weighted by Crippen LogP contribution is -2.32. The maximum atomic E-state index is 12.7. The molecule has 1 saturated heterocycles. The molecule has 180 valence electrons. The second-order valence-electron chi connectivity index (χ2n) is 8.45. The van der Waals surface area contributed by atoms with E-state index in [0.29, 0.717) is 31.0 Å². The molecule has 1 fully saturated rings. The molecule has 2 aromatic carbocycles. The van der Waals surface area contributed by atoms with E-state index in [1.54, 1.807) is 10.8 Å². The topological polar surface area (TPSA) is 89.2 Å². The van der Waals surface area contributed by atoms with Gasteiger partial charge in [-0.3, -0.25) is 4.79 Å². The fourth-order valence-corrected chi connectivity index (χ4v) is 3.88. The number of carbonyl (C=O) groups is 1. The molecule has 35 heavy (non-hydrogen) atoms. The van der Waals surface area contributed by atoms with Gasteiger partial charge in [0.1, 0.15) is 17.4 Å². The summed E-state index contributed by atoms with van der Waals surface area (Å²) < 4.78 is 13.1.